The zero-order chi connectivity index (χ0) is 44.0. The van der Waals surface area contributed by atoms with Crippen LogP contribution in [-0.2, 0) is 22.6 Å². The predicted octanol–water partition coefficient (Wildman–Crippen LogP) is 7.18. The van der Waals surface area contributed by atoms with Gasteiger partial charge in [-0.2, -0.15) is 0 Å². The van der Waals surface area contributed by atoms with E-state index < -0.39 is 11.7 Å². The van der Waals surface area contributed by atoms with Crippen molar-refractivity contribution in [3.63, 3.8) is 0 Å². The number of aromatic nitrogens is 3. The Morgan fingerprint density at radius 1 is 0.859 bits per heavy atom. The van der Waals surface area contributed by atoms with Crippen molar-refractivity contribution in [3.8, 4) is 0 Å². The molecule has 7 aliphatic rings. The molecule has 12 nitrogen and oxygen atoms in total. The van der Waals surface area contributed by atoms with E-state index in [1.54, 1.807) is 18.7 Å². The number of nitrogens with zero attached hydrogens (tertiary/aromatic N) is 7. The molecule has 6 aliphatic heterocycles. The third-order valence-electron chi connectivity index (χ3n) is 16.7. The molecule has 11 rings (SSSR count). The highest BCUT2D eigenvalue weighted by molar-refractivity contribution is 6.05. The van der Waals surface area contributed by atoms with E-state index >= 15 is 4.39 Å². The molecule has 1 aliphatic carbocycles. The van der Waals surface area contributed by atoms with Gasteiger partial charge in [-0.15, -0.1) is 0 Å². The van der Waals surface area contributed by atoms with Crippen LogP contribution in [-0.4, -0.2) is 117 Å². The lowest BCUT2D eigenvalue weighted by Crippen LogP contribution is -2.52. The number of carbonyl (C=O) groups excluding carboxylic acids is 3. The molecule has 4 aromatic rings. The lowest BCUT2D eigenvalue weighted by Gasteiger charge is -2.54. The minimum Gasteiger partial charge on any atom is -0.371 e. The van der Waals surface area contributed by atoms with E-state index in [9.17, 15) is 14.4 Å². The molecule has 8 heterocycles. The Bertz CT molecular complexity index is 2430. The number of alkyl halides is 1. The summed E-state index contributed by atoms with van der Waals surface area (Å²) in [5.41, 5.74) is 6.98. The number of halogens is 1. The number of rotatable bonds is 8. The fourth-order valence-electron chi connectivity index (χ4n) is 13.1. The van der Waals surface area contributed by atoms with Gasteiger partial charge in [-0.1, -0.05) is 18.2 Å². The maximum absolute atomic E-state index is 15.3. The molecule has 5 fully saturated rings. The Hall–Kier alpha value is -4.88. The Morgan fingerprint density at radius 3 is 2.27 bits per heavy atom. The molecule has 64 heavy (non-hydrogen) atoms. The SMILES string of the molecule is C[C@@H]1Cc2c([nH]c3ccccc23)[C@@H](c2cnc(N3CCC4(CC3)CC(CN3CCC5(CC3)CCN(c3ccc6c(c3)CN(C3CCC(=O)NC3=O)C6=O)CC5)C4)nc2)N1CC(C)(C)F. The van der Waals surface area contributed by atoms with E-state index in [1.165, 1.54) is 87.6 Å². The lowest BCUT2D eigenvalue weighted by atomic mass is 9.57. The van der Waals surface area contributed by atoms with Crippen LogP contribution in [0.2, 0.25) is 0 Å². The van der Waals surface area contributed by atoms with Crippen LogP contribution in [0, 0.1) is 16.7 Å². The number of piperidine rings is 4. The van der Waals surface area contributed by atoms with Gasteiger partial charge in [0.25, 0.3) is 5.91 Å². The Kier molecular flexibility index (Phi) is 10.4. The number of anilines is 2. The van der Waals surface area contributed by atoms with Crippen LogP contribution in [0.1, 0.15) is 124 Å². The third kappa shape index (κ3) is 7.67. The van der Waals surface area contributed by atoms with E-state index in [-0.39, 0.29) is 36.2 Å². The summed E-state index contributed by atoms with van der Waals surface area (Å²) >= 11 is 0. The molecule has 13 heteroatoms. The van der Waals surface area contributed by atoms with E-state index in [0.717, 1.165) is 66.8 Å². The summed E-state index contributed by atoms with van der Waals surface area (Å²) < 4.78 is 15.3. The highest BCUT2D eigenvalue weighted by Crippen LogP contribution is 2.54. The Balaban J connectivity index is 0.646. The number of carbonyl (C=O) groups is 3. The molecular formula is C51H64FN9O3. The van der Waals surface area contributed by atoms with Crippen LogP contribution in [0.25, 0.3) is 10.9 Å². The van der Waals surface area contributed by atoms with Gasteiger partial charge in [0.2, 0.25) is 17.8 Å². The molecule has 2 aromatic heterocycles. The second-order valence-corrected chi connectivity index (χ2v) is 21.5. The first-order chi connectivity index (χ1) is 30.8. The number of hydrogen-bond donors (Lipinski definition) is 2. The fourth-order valence-corrected chi connectivity index (χ4v) is 13.1. The van der Waals surface area contributed by atoms with Gasteiger partial charge >= 0.3 is 0 Å². The quantitative estimate of drug-likeness (QED) is 0.178. The molecule has 0 radical (unpaired) electrons. The largest absolute Gasteiger partial charge is 0.371 e. The molecule has 1 unspecified atom stereocenters. The number of imide groups is 1. The molecule has 0 bridgehead atoms. The van der Waals surface area contributed by atoms with Crippen molar-refractivity contribution in [2.45, 2.75) is 122 Å². The van der Waals surface area contributed by atoms with Crippen LogP contribution in [0.3, 0.4) is 0 Å². The number of likely N-dealkylation sites (tertiary alicyclic amines) is 1. The lowest BCUT2D eigenvalue weighted by molar-refractivity contribution is -0.136. The third-order valence-corrected chi connectivity index (χ3v) is 16.7. The monoisotopic (exact) mass is 870 g/mol. The van der Waals surface area contributed by atoms with Crippen molar-refractivity contribution in [3.05, 3.63) is 82.8 Å². The maximum atomic E-state index is 15.3. The van der Waals surface area contributed by atoms with Crippen molar-refractivity contribution in [1.29, 1.82) is 0 Å². The van der Waals surface area contributed by atoms with Gasteiger partial charge in [0.1, 0.15) is 11.7 Å². The summed E-state index contributed by atoms with van der Waals surface area (Å²) in [5.74, 6) is 0.864. The van der Waals surface area contributed by atoms with Gasteiger partial charge in [0.15, 0.2) is 0 Å². The molecule has 2 aromatic carbocycles. The first-order valence-corrected chi connectivity index (χ1v) is 24.2. The second kappa shape index (κ2) is 15.9. The van der Waals surface area contributed by atoms with E-state index in [2.05, 4.69) is 73.2 Å². The van der Waals surface area contributed by atoms with Crippen molar-refractivity contribution in [1.82, 2.24) is 35.0 Å². The smallest absolute Gasteiger partial charge is 0.255 e. The summed E-state index contributed by atoms with van der Waals surface area (Å²) in [4.78, 5) is 62.6. The summed E-state index contributed by atoms with van der Waals surface area (Å²) in [7, 11) is 0. The molecule has 1 saturated carbocycles. The highest BCUT2D eigenvalue weighted by atomic mass is 19.1. The van der Waals surface area contributed by atoms with Gasteiger partial charge in [-0.3, -0.25) is 24.6 Å². The number of amides is 3. The van der Waals surface area contributed by atoms with Crippen molar-refractivity contribution in [2.75, 3.05) is 62.2 Å². The van der Waals surface area contributed by atoms with E-state index in [1.807, 2.05) is 18.5 Å². The Labute approximate surface area is 376 Å². The van der Waals surface area contributed by atoms with Gasteiger partial charge in [0, 0.05) is 104 Å². The zero-order valence-corrected chi connectivity index (χ0v) is 37.9. The van der Waals surface area contributed by atoms with Crippen molar-refractivity contribution < 1.29 is 18.8 Å². The minimum atomic E-state index is -1.33. The number of H-pyrrole nitrogens is 1. The number of benzene rings is 2. The number of nitrogens with one attached hydrogen (secondary N) is 2. The van der Waals surface area contributed by atoms with Crippen LogP contribution < -0.4 is 15.1 Å². The molecule has 3 atom stereocenters. The van der Waals surface area contributed by atoms with E-state index in [0.29, 0.717) is 35.9 Å². The molecule has 338 valence electrons. The van der Waals surface area contributed by atoms with Crippen LogP contribution in [0.4, 0.5) is 16.0 Å². The predicted molar refractivity (Wildman–Crippen MR) is 246 cm³/mol. The number of para-hydroxylation sites is 1. The summed E-state index contributed by atoms with van der Waals surface area (Å²) in [6, 6.07) is 14.1. The second-order valence-electron chi connectivity index (χ2n) is 21.5. The zero-order valence-electron chi connectivity index (χ0n) is 37.9. The van der Waals surface area contributed by atoms with Crippen LogP contribution in [0.15, 0.2) is 54.9 Å². The highest BCUT2D eigenvalue weighted by Gasteiger charge is 2.48. The van der Waals surface area contributed by atoms with Gasteiger partial charge in [0.05, 0.1) is 6.04 Å². The maximum Gasteiger partial charge on any atom is 0.255 e. The topological polar surface area (TPSA) is 121 Å². The summed E-state index contributed by atoms with van der Waals surface area (Å²) in [6.07, 6.45) is 15.6. The average molecular weight is 870 g/mol. The average Bonchev–Trinajstić information content (AvgIpc) is 3.80. The fraction of sp³-hybridized carbons (Fsp3) is 0.588. The van der Waals surface area contributed by atoms with E-state index in [4.69, 9.17) is 9.97 Å². The van der Waals surface area contributed by atoms with Gasteiger partial charge in [-0.25, -0.2) is 14.4 Å². The number of aromatic amines is 1. The number of fused-ring (bicyclic) bond motifs is 4. The summed E-state index contributed by atoms with van der Waals surface area (Å²) in [6.45, 7) is 14.0. The standard InChI is InChI=1S/C51H64FN9O3/c1-33-24-40-39-6-4-5-7-41(39)55-44(40)45(61(33)32-49(2,3)52)36-28-53-48(54-29-36)59-22-16-51(17-23-59)26-34(27-51)30-57-18-12-50(13-19-57)14-20-58(21-15-50)37-8-9-38-35(25-37)31-60(47(38)64)42-10-11-43(62)56-46(42)63/h4-9,25,28-29,33-34,42,45,55H,10-24,26-27,30-32H2,1-3H3,(H,56,62,63)/t33-,42?,45-/m1/s1. The molecule has 3 amide bonds. The van der Waals surface area contributed by atoms with Crippen LogP contribution in [0.5, 0.6) is 0 Å². The van der Waals surface area contributed by atoms with Gasteiger partial charge < -0.3 is 24.6 Å². The molecular weight excluding hydrogens is 806 g/mol. The molecule has 4 saturated heterocycles. The van der Waals surface area contributed by atoms with Crippen molar-refractivity contribution in [2.24, 2.45) is 16.7 Å². The first-order valence-electron chi connectivity index (χ1n) is 24.2. The normalized spacial score (nSPS) is 26.4. The first kappa shape index (κ1) is 41.8. The minimum absolute atomic E-state index is 0.111. The van der Waals surface area contributed by atoms with Gasteiger partial charge in [-0.05, 0) is 150 Å². The Morgan fingerprint density at radius 2 is 1.55 bits per heavy atom. The summed E-state index contributed by atoms with van der Waals surface area (Å²) in [5, 5.41) is 3.66. The number of hydrogen-bond acceptors (Lipinski definition) is 9. The van der Waals surface area contributed by atoms with Crippen LogP contribution >= 0.6 is 0 Å². The molecule has 2 N–H and O–H groups in total. The van der Waals surface area contributed by atoms with Crippen molar-refractivity contribution >= 4 is 40.3 Å². The molecule has 2 spiro atoms.